The zero-order chi connectivity index (χ0) is 19.9. The quantitative estimate of drug-likeness (QED) is 0.752. The second-order valence-electron chi connectivity index (χ2n) is 7.52. The molecule has 1 aliphatic heterocycles. The van der Waals surface area contributed by atoms with E-state index in [4.69, 9.17) is 11.2 Å². The fourth-order valence-electron chi connectivity index (χ4n) is 3.97. The molecule has 0 aromatic heterocycles. The Balaban J connectivity index is 1.63. The third kappa shape index (κ3) is 5.14. The van der Waals surface area contributed by atoms with Crippen LogP contribution in [-0.4, -0.2) is 54.3 Å². The summed E-state index contributed by atoms with van der Waals surface area (Å²) >= 11 is 0. The van der Waals surface area contributed by atoms with E-state index in [-0.39, 0.29) is 6.61 Å². The summed E-state index contributed by atoms with van der Waals surface area (Å²) in [4.78, 5) is 4.97. The van der Waals surface area contributed by atoms with Crippen LogP contribution in [0.1, 0.15) is 28.7 Å². The average Bonchev–Trinajstić information content (AvgIpc) is 2.71. The minimum Gasteiger partial charge on any atom is -0.496 e. The van der Waals surface area contributed by atoms with E-state index in [2.05, 4.69) is 46.9 Å². The molecule has 0 radical (unpaired) electrons. The summed E-state index contributed by atoms with van der Waals surface area (Å²) in [7, 11) is 1.71. The van der Waals surface area contributed by atoms with Gasteiger partial charge in [-0.2, -0.15) is 0 Å². The predicted molar refractivity (Wildman–Crippen MR) is 113 cm³/mol. The lowest BCUT2D eigenvalue weighted by Gasteiger charge is -2.41. The van der Waals surface area contributed by atoms with Gasteiger partial charge in [0.05, 0.1) is 7.11 Å². The molecule has 3 rings (SSSR count). The van der Waals surface area contributed by atoms with Crippen molar-refractivity contribution in [2.75, 3.05) is 33.4 Å². The van der Waals surface area contributed by atoms with Gasteiger partial charge in [-0.05, 0) is 48.2 Å². The summed E-state index contributed by atoms with van der Waals surface area (Å²) in [6.45, 7) is 7.10. The normalized spacial score (nSPS) is 18.0. The molecule has 1 aliphatic rings. The van der Waals surface area contributed by atoms with E-state index in [0.29, 0.717) is 6.04 Å². The van der Waals surface area contributed by atoms with Crippen molar-refractivity contribution in [3.8, 4) is 18.1 Å². The number of aliphatic hydroxyl groups is 1. The van der Waals surface area contributed by atoms with Gasteiger partial charge in [0.25, 0.3) is 0 Å². The molecular weight excluding hydrogens is 348 g/mol. The van der Waals surface area contributed by atoms with E-state index >= 15 is 0 Å². The lowest BCUT2D eigenvalue weighted by molar-refractivity contribution is 0.0499. The zero-order valence-electron chi connectivity index (χ0n) is 16.9. The number of nitrogens with zero attached hydrogens (tertiary/aromatic N) is 2. The van der Waals surface area contributed by atoms with Crippen LogP contribution in [0.3, 0.4) is 0 Å². The Morgan fingerprint density at radius 3 is 2.50 bits per heavy atom. The topological polar surface area (TPSA) is 35.9 Å². The Morgan fingerprint density at radius 2 is 1.86 bits per heavy atom. The monoisotopic (exact) mass is 378 g/mol. The number of benzene rings is 2. The van der Waals surface area contributed by atoms with Crippen molar-refractivity contribution >= 4 is 0 Å². The molecule has 148 valence electrons. The Bertz CT molecular complexity index is 810. The number of aryl methyl sites for hydroxylation is 1. The minimum absolute atomic E-state index is 0.216. The van der Waals surface area contributed by atoms with Gasteiger partial charge in [0, 0.05) is 50.9 Å². The molecule has 1 heterocycles. The van der Waals surface area contributed by atoms with Crippen molar-refractivity contribution in [1.82, 2.24) is 9.80 Å². The molecule has 2 aromatic carbocycles. The van der Waals surface area contributed by atoms with Gasteiger partial charge in [0.15, 0.2) is 0 Å². The first-order valence-corrected chi connectivity index (χ1v) is 9.89. The van der Waals surface area contributed by atoms with E-state index in [1.54, 1.807) is 7.11 Å². The number of hydrogen-bond donors (Lipinski definition) is 1. The highest BCUT2D eigenvalue weighted by atomic mass is 16.5. The number of terminal acetylenes is 1. The summed E-state index contributed by atoms with van der Waals surface area (Å²) in [5.41, 5.74) is 4.65. The molecule has 1 unspecified atom stereocenters. The van der Waals surface area contributed by atoms with Crippen LogP contribution in [0.2, 0.25) is 0 Å². The highest BCUT2D eigenvalue weighted by Gasteiger charge is 2.26. The largest absolute Gasteiger partial charge is 0.496 e. The second kappa shape index (κ2) is 9.75. The van der Waals surface area contributed by atoms with E-state index < -0.39 is 0 Å². The maximum absolute atomic E-state index is 9.57. The number of rotatable bonds is 7. The van der Waals surface area contributed by atoms with Crippen molar-refractivity contribution in [1.29, 1.82) is 0 Å². The van der Waals surface area contributed by atoms with E-state index in [1.165, 1.54) is 11.1 Å². The molecule has 0 amide bonds. The van der Waals surface area contributed by atoms with Crippen molar-refractivity contribution in [2.24, 2.45) is 0 Å². The number of aliphatic hydroxyl groups excluding tert-OH is 1. The van der Waals surface area contributed by atoms with Crippen molar-refractivity contribution < 1.29 is 9.84 Å². The van der Waals surface area contributed by atoms with Gasteiger partial charge >= 0.3 is 0 Å². The SMILES string of the molecule is C#Cc1ccc(CN2CCN(Cc3ccc(OC)c(C)c3)C(CCO)C2)cc1. The van der Waals surface area contributed by atoms with Crippen LogP contribution >= 0.6 is 0 Å². The lowest BCUT2D eigenvalue weighted by Crippen LogP contribution is -2.52. The van der Waals surface area contributed by atoms with E-state index in [0.717, 1.165) is 56.0 Å². The summed E-state index contributed by atoms with van der Waals surface area (Å²) in [6.07, 6.45) is 6.24. The summed E-state index contributed by atoms with van der Waals surface area (Å²) in [5.74, 6) is 3.59. The van der Waals surface area contributed by atoms with Crippen LogP contribution in [0.25, 0.3) is 0 Å². The lowest BCUT2D eigenvalue weighted by atomic mass is 10.0. The molecule has 1 N–H and O–H groups in total. The Labute approximate surface area is 168 Å². The van der Waals surface area contributed by atoms with Gasteiger partial charge in [0.2, 0.25) is 0 Å². The molecule has 1 atom stereocenters. The molecule has 0 saturated carbocycles. The average molecular weight is 379 g/mol. The maximum Gasteiger partial charge on any atom is 0.121 e. The summed E-state index contributed by atoms with van der Waals surface area (Å²) in [5, 5.41) is 9.57. The number of piperazine rings is 1. The van der Waals surface area contributed by atoms with Crippen LogP contribution in [0.15, 0.2) is 42.5 Å². The van der Waals surface area contributed by atoms with Crippen LogP contribution in [-0.2, 0) is 13.1 Å². The van der Waals surface area contributed by atoms with Gasteiger partial charge in [0.1, 0.15) is 5.75 Å². The predicted octanol–water partition coefficient (Wildman–Crippen LogP) is 3.05. The smallest absolute Gasteiger partial charge is 0.121 e. The molecule has 1 fully saturated rings. The number of hydrogen-bond acceptors (Lipinski definition) is 4. The van der Waals surface area contributed by atoms with Gasteiger partial charge in [-0.3, -0.25) is 9.80 Å². The van der Waals surface area contributed by atoms with Crippen molar-refractivity contribution in [2.45, 2.75) is 32.5 Å². The molecule has 0 aliphatic carbocycles. The van der Waals surface area contributed by atoms with Gasteiger partial charge in [-0.15, -0.1) is 6.42 Å². The first kappa shape index (κ1) is 20.4. The van der Waals surface area contributed by atoms with Gasteiger partial charge < -0.3 is 9.84 Å². The van der Waals surface area contributed by atoms with Crippen LogP contribution < -0.4 is 4.74 Å². The van der Waals surface area contributed by atoms with E-state index in [1.807, 2.05) is 18.2 Å². The Morgan fingerprint density at radius 1 is 1.11 bits per heavy atom. The number of methoxy groups -OCH3 is 1. The fraction of sp³-hybridized carbons (Fsp3) is 0.417. The standard InChI is InChI=1S/C24H30N2O2/c1-4-20-5-7-21(8-6-20)16-25-12-13-26(23(18-25)11-14-27)17-22-9-10-24(28-3)19(2)15-22/h1,5-10,15,23,27H,11-14,16-18H2,2-3H3. The van der Waals surface area contributed by atoms with Crippen LogP contribution in [0.5, 0.6) is 5.75 Å². The molecule has 4 nitrogen and oxygen atoms in total. The molecule has 1 saturated heterocycles. The van der Waals surface area contributed by atoms with Crippen LogP contribution in [0.4, 0.5) is 0 Å². The third-order valence-corrected chi connectivity index (χ3v) is 5.52. The Hall–Kier alpha value is -2.32. The molecule has 0 spiro atoms. The molecule has 0 bridgehead atoms. The maximum atomic E-state index is 9.57. The highest BCUT2D eigenvalue weighted by molar-refractivity contribution is 5.36. The molecule has 28 heavy (non-hydrogen) atoms. The minimum atomic E-state index is 0.216. The molecule has 4 heteroatoms. The Kier molecular flexibility index (Phi) is 7.11. The fourth-order valence-corrected chi connectivity index (χ4v) is 3.97. The second-order valence-corrected chi connectivity index (χ2v) is 7.52. The van der Waals surface area contributed by atoms with Crippen molar-refractivity contribution in [3.05, 3.63) is 64.7 Å². The molecular formula is C24H30N2O2. The first-order chi connectivity index (χ1) is 13.6. The third-order valence-electron chi connectivity index (χ3n) is 5.52. The summed E-state index contributed by atoms with van der Waals surface area (Å²) < 4.78 is 5.37. The van der Waals surface area contributed by atoms with Crippen molar-refractivity contribution in [3.63, 3.8) is 0 Å². The number of ether oxygens (including phenoxy) is 1. The summed E-state index contributed by atoms with van der Waals surface area (Å²) in [6, 6.07) is 15.0. The van der Waals surface area contributed by atoms with Gasteiger partial charge in [-0.1, -0.05) is 30.2 Å². The zero-order valence-corrected chi connectivity index (χ0v) is 16.9. The molecule has 2 aromatic rings. The highest BCUT2D eigenvalue weighted by Crippen LogP contribution is 2.22. The van der Waals surface area contributed by atoms with E-state index in [9.17, 15) is 5.11 Å². The van der Waals surface area contributed by atoms with Crippen LogP contribution in [0, 0.1) is 19.3 Å². The first-order valence-electron chi connectivity index (χ1n) is 9.89. The van der Waals surface area contributed by atoms with Gasteiger partial charge in [-0.25, -0.2) is 0 Å².